The lowest BCUT2D eigenvalue weighted by Crippen LogP contribution is -1.97. The zero-order valence-electron chi connectivity index (χ0n) is 10.8. The van der Waals surface area contributed by atoms with E-state index in [4.69, 9.17) is 4.74 Å². The zero-order valence-corrected chi connectivity index (χ0v) is 11.6. The molecule has 0 amide bonds. The lowest BCUT2D eigenvalue weighted by Gasteiger charge is -2.09. The zero-order chi connectivity index (χ0) is 13.1. The van der Waals surface area contributed by atoms with Crippen LogP contribution in [0.25, 0.3) is 0 Å². The van der Waals surface area contributed by atoms with Gasteiger partial charge >= 0.3 is 0 Å². The fourth-order valence-electron chi connectivity index (χ4n) is 1.86. The van der Waals surface area contributed by atoms with Gasteiger partial charge in [0.15, 0.2) is 6.29 Å². The first-order valence-electron chi connectivity index (χ1n) is 5.84. The van der Waals surface area contributed by atoms with Crippen molar-refractivity contribution >= 4 is 17.6 Å². The van der Waals surface area contributed by atoms with Crippen molar-refractivity contribution in [3.8, 4) is 5.75 Å². The highest BCUT2D eigenvalue weighted by Crippen LogP contribution is 2.24. The molecule has 1 aromatic heterocycles. The Kier molecular flexibility index (Phi) is 3.82. The topological polar surface area (TPSA) is 26.3 Å². The number of hydrogen-bond acceptors (Lipinski definition) is 3. The summed E-state index contributed by atoms with van der Waals surface area (Å²) in [6.07, 6.45) is 0.887. The Balaban J connectivity index is 2.11. The summed E-state index contributed by atoms with van der Waals surface area (Å²) in [7, 11) is 0. The summed E-state index contributed by atoms with van der Waals surface area (Å²) in [5.41, 5.74) is 3.45. The molecular weight excluding hydrogens is 244 g/mol. The summed E-state index contributed by atoms with van der Waals surface area (Å²) in [6, 6.07) is 8.04. The van der Waals surface area contributed by atoms with Crippen LogP contribution in [-0.4, -0.2) is 6.29 Å². The summed E-state index contributed by atoms with van der Waals surface area (Å²) in [5, 5.41) is 0. The van der Waals surface area contributed by atoms with E-state index in [1.807, 2.05) is 32.0 Å². The minimum atomic E-state index is 0.514. The van der Waals surface area contributed by atoms with Gasteiger partial charge in [-0.2, -0.15) is 0 Å². The van der Waals surface area contributed by atoms with Gasteiger partial charge in [0.2, 0.25) is 0 Å². The number of hydrogen-bond donors (Lipinski definition) is 0. The molecule has 1 heterocycles. The number of ether oxygens (including phenoxy) is 1. The van der Waals surface area contributed by atoms with Gasteiger partial charge in [-0.1, -0.05) is 17.7 Å². The molecule has 2 rings (SSSR count). The van der Waals surface area contributed by atoms with E-state index in [1.54, 1.807) is 0 Å². The lowest BCUT2D eigenvalue weighted by molar-refractivity contribution is 0.112. The Morgan fingerprint density at radius 2 is 2.00 bits per heavy atom. The maximum absolute atomic E-state index is 10.7. The van der Waals surface area contributed by atoms with Gasteiger partial charge in [0.1, 0.15) is 12.4 Å². The van der Waals surface area contributed by atoms with Gasteiger partial charge in [0.05, 0.1) is 4.88 Å². The second-order valence-electron chi connectivity index (χ2n) is 4.41. The fraction of sp³-hybridized carbons (Fsp3) is 0.267. The Bertz CT molecular complexity index is 570. The minimum Gasteiger partial charge on any atom is -0.489 e. The first kappa shape index (κ1) is 12.8. The molecule has 0 unspecified atom stereocenters. The molecule has 18 heavy (non-hydrogen) atoms. The standard InChI is InChI=1S/C15H16O2S/c1-10-4-5-15(11(2)6-10)17-9-13-7-14(8-16)18-12(13)3/h4-8H,9H2,1-3H3. The van der Waals surface area contributed by atoms with Gasteiger partial charge in [-0.3, -0.25) is 4.79 Å². The van der Waals surface area contributed by atoms with Crippen LogP contribution in [0.2, 0.25) is 0 Å². The van der Waals surface area contributed by atoms with Crippen molar-refractivity contribution in [2.75, 3.05) is 0 Å². The van der Waals surface area contributed by atoms with Crippen LogP contribution in [0.3, 0.4) is 0 Å². The van der Waals surface area contributed by atoms with Crippen molar-refractivity contribution in [1.29, 1.82) is 0 Å². The van der Waals surface area contributed by atoms with Crippen molar-refractivity contribution in [3.05, 3.63) is 50.7 Å². The average molecular weight is 260 g/mol. The highest BCUT2D eigenvalue weighted by molar-refractivity contribution is 7.13. The number of aldehydes is 1. The lowest BCUT2D eigenvalue weighted by atomic mass is 10.1. The van der Waals surface area contributed by atoms with Crippen molar-refractivity contribution < 1.29 is 9.53 Å². The molecule has 0 aliphatic heterocycles. The molecule has 0 spiro atoms. The molecule has 3 heteroatoms. The second-order valence-corrected chi connectivity index (χ2v) is 5.69. The van der Waals surface area contributed by atoms with Gasteiger partial charge in [0, 0.05) is 10.4 Å². The van der Waals surface area contributed by atoms with Crippen molar-refractivity contribution in [2.24, 2.45) is 0 Å². The first-order chi connectivity index (χ1) is 8.60. The Morgan fingerprint density at radius 3 is 2.61 bits per heavy atom. The van der Waals surface area contributed by atoms with Crippen LogP contribution >= 0.6 is 11.3 Å². The van der Waals surface area contributed by atoms with Crippen LogP contribution in [0.1, 0.15) is 31.2 Å². The molecule has 0 fully saturated rings. The maximum atomic E-state index is 10.7. The number of carbonyl (C=O) groups is 1. The summed E-state index contributed by atoms with van der Waals surface area (Å²) in [5.74, 6) is 0.902. The number of carbonyl (C=O) groups excluding carboxylic acids is 1. The van der Waals surface area contributed by atoms with Crippen LogP contribution in [-0.2, 0) is 6.61 Å². The van der Waals surface area contributed by atoms with Gasteiger partial charge in [-0.15, -0.1) is 11.3 Å². The molecule has 2 nitrogen and oxygen atoms in total. The second kappa shape index (κ2) is 5.36. The molecule has 0 aliphatic rings. The van der Waals surface area contributed by atoms with Crippen molar-refractivity contribution in [1.82, 2.24) is 0 Å². The third-order valence-corrected chi connectivity index (χ3v) is 3.89. The SMILES string of the molecule is Cc1ccc(OCc2cc(C=O)sc2C)c(C)c1. The van der Waals surface area contributed by atoms with Gasteiger partial charge < -0.3 is 4.74 Å². The van der Waals surface area contributed by atoms with Crippen LogP contribution in [0.4, 0.5) is 0 Å². The number of thiophene rings is 1. The summed E-state index contributed by atoms with van der Waals surface area (Å²) >= 11 is 1.51. The Morgan fingerprint density at radius 1 is 1.22 bits per heavy atom. The number of benzene rings is 1. The fourth-order valence-corrected chi connectivity index (χ4v) is 2.72. The monoisotopic (exact) mass is 260 g/mol. The smallest absolute Gasteiger partial charge is 0.160 e. The molecular formula is C15H16O2S. The highest BCUT2D eigenvalue weighted by Gasteiger charge is 2.06. The predicted molar refractivity (Wildman–Crippen MR) is 74.7 cm³/mol. The quantitative estimate of drug-likeness (QED) is 0.775. The average Bonchev–Trinajstić information content (AvgIpc) is 2.69. The summed E-state index contributed by atoms with van der Waals surface area (Å²) in [4.78, 5) is 12.6. The van der Waals surface area contributed by atoms with E-state index in [9.17, 15) is 4.79 Å². The minimum absolute atomic E-state index is 0.514. The molecule has 0 saturated heterocycles. The van der Waals surface area contributed by atoms with E-state index in [0.717, 1.165) is 32.9 Å². The van der Waals surface area contributed by atoms with Crippen LogP contribution in [0, 0.1) is 20.8 Å². The molecule has 0 saturated carbocycles. The predicted octanol–water partition coefficient (Wildman–Crippen LogP) is 4.06. The van der Waals surface area contributed by atoms with E-state index < -0.39 is 0 Å². The first-order valence-corrected chi connectivity index (χ1v) is 6.66. The summed E-state index contributed by atoms with van der Waals surface area (Å²) in [6.45, 7) is 6.63. The molecule has 2 aromatic rings. The van der Waals surface area contributed by atoms with Gasteiger partial charge in [0.25, 0.3) is 0 Å². The number of rotatable bonds is 4. The van der Waals surface area contributed by atoms with Crippen LogP contribution < -0.4 is 4.74 Å². The molecule has 0 bridgehead atoms. The largest absolute Gasteiger partial charge is 0.489 e. The van der Waals surface area contributed by atoms with E-state index in [-0.39, 0.29) is 0 Å². The van der Waals surface area contributed by atoms with Gasteiger partial charge in [-0.25, -0.2) is 0 Å². The van der Waals surface area contributed by atoms with E-state index in [2.05, 4.69) is 13.0 Å². The van der Waals surface area contributed by atoms with E-state index in [1.165, 1.54) is 16.9 Å². The van der Waals surface area contributed by atoms with Crippen LogP contribution in [0.15, 0.2) is 24.3 Å². The molecule has 0 atom stereocenters. The molecule has 0 aliphatic carbocycles. The molecule has 94 valence electrons. The van der Waals surface area contributed by atoms with Crippen LogP contribution in [0.5, 0.6) is 5.75 Å². The maximum Gasteiger partial charge on any atom is 0.160 e. The normalized spacial score (nSPS) is 10.4. The number of aryl methyl sites for hydroxylation is 3. The van der Waals surface area contributed by atoms with E-state index >= 15 is 0 Å². The van der Waals surface area contributed by atoms with Crippen molar-refractivity contribution in [3.63, 3.8) is 0 Å². The third-order valence-electron chi connectivity index (χ3n) is 2.87. The molecule has 1 aromatic carbocycles. The Hall–Kier alpha value is -1.61. The highest BCUT2D eigenvalue weighted by atomic mass is 32.1. The molecule has 0 radical (unpaired) electrons. The third kappa shape index (κ3) is 2.79. The van der Waals surface area contributed by atoms with Gasteiger partial charge in [-0.05, 0) is 38.5 Å². The molecule has 0 N–H and O–H groups in total. The summed E-state index contributed by atoms with van der Waals surface area (Å²) < 4.78 is 5.81. The van der Waals surface area contributed by atoms with Crippen molar-refractivity contribution in [2.45, 2.75) is 27.4 Å². The van der Waals surface area contributed by atoms with E-state index in [0.29, 0.717) is 6.61 Å². The Labute approximate surface area is 111 Å².